The lowest BCUT2D eigenvalue weighted by molar-refractivity contribution is 0.312. The van der Waals surface area contributed by atoms with Gasteiger partial charge in [0.05, 0.1) is 6.33 Å². The van der Waals surface area contributed by atoms with Gasteiger partial charge in [0, 0.05) is 29.9 Å². The fourth-order valence-electron chi connectivity index (χ4n) is 4.43. The van der Waals surface area contributed by atoms with Crippen molar-refractivity contribution in [3.63, 3.8) is 0 Å². The van der Waals surface area contributed by atoms with Gasteiger partial charge >= 0.3 is 0 Å². The molecule has 176 valence electrons. The second kappa shape index (κ2) is 11.9. The van der Waals surface area contributed by atoms with Crippen molar-refractivity contribution in [3.05, 3.63) is 35.9 Å². The Kier molecular flexibility index (Phi) is 9.79. The fraction of sp³-hybridized carbons (Fsp3) is 0.476. The summed E-state index contributed by atoms with van der Waals surface area (Å²) in [5.74, 6) is 1.13. The van der Waals surface area contributed by atoms with Crippen LogP contribution in [-0.4, -0.2) is 61.0 Å². The van der Waals surface area contributed by atoms with Gasteiger partial charge in [0.1, 0.15) is 17.6 Å². The number of likely N-dealkylation sites (tertiary alicyclic amines) is 2. The second-order valence-electron chi connectivity index (χ2n) is 8.06. The molecule has 2 aromatic heterocycles. The van der Waals surface area contributed by atoms with Gasteiger partial charge in [-0.15, -0.1) is 37.2 Å². The Bertz CT molecular complexity index is 965. The number of phenolic OH excluding ortho intramolecular Hbond substituents is 1. The maximum atomic E-state index is 11.0. The maximum Gasteiger partial charge on any atom is 0.182 e. The van der Waals surface area contributed by atoms with Gasteiger partial charge in [-0.3, -0.25) is 9.80 Å². The smallest absolute Gasteiger partial charge is 0.182 e. The molecule has 5 rings (SSSR count). The zero-order chi connectivity index (χ0) is 19.6. The summed E-state index contributed by atoms with van der Waals surface area (Å²) >= 11 is 0. The lowest BCUT2D eigenvalue weighted by Crippen LogP contribution is -2.20. The summed E-state index contributed by atoms with van der Waals surface area (Å²) in [6, 6.07) is 4.09. The quantitative estimate of drug-likeness (QED) is 0.434. The largest absolute Gasteiger partial charge is 0.507 e. The number of aromatic hydroxyl groups is 1. The summed E-state index contributed by atoms with van der Waals surface area (Å²) in [6.45, 7) is 5.94. The highest BCUT2D eigenvalue weighted by Gasteiger charge is 2.20. The zero-order valence-electron chi connectivity index (χ0n) is 17.8. The first-order valence-electron chi connectivity index (χ1n) is 10.5. The van der Waals surface area contributed by atoms with E-state index in [-0.39, 0.29) is 37.2 Å². The number of hydrogen-bond donors (Lipinski definition) is 3. The Morgan fingerprint density at radius 2 is 1.41 bits per heavy atom. The van der Waals surface area contributed by atoms with Crippen molar-refractivity contribution in [2.75, 3.05) is 31.5 Å². The number of phenols is 1. The van der Waals surface area contributed by atoms with Crippen LogP contribution in [0.4, 0.5) is 11.5 Å². The van der Waals surface area contributed by atoms with Crippen molar-refractivity contribution >= 4 is 59.9 Å². The highest BCUT2D eigenvalue weighted by atomic mass is 35.5. The summed E-state index contributed by atoms with van der Waals surface area (Å²) in [5.41, 5.74) is 4.29. The molecule has 0 saturated carbocycles. The minimum absolute atomic E-state index is 0. The van der Waals surface area contributed by atoms with Crippen LogP contribution in [0.15, 0.2) is 24.8 Å². The number of anilines is 2. The van der Waals surface area contributed by atoms with E-state index in [1.807, 2.05) is 12.1 Å². The zero-order valence-corrected chi connectivity index (χ0v) is 20.2. The molecule has 2 fully saturated rings. The van der Waals surface area contributed by atoms with Gasteiger partial charge in [-0.05, 0) is 64.0 Å². The number of aromatic amines is 1. The average Bonchev–Trinajstić information content (AvgIpc) is 3.48. The van der Waals surface area contributed by atoms with Crippen molar-refractivity contribution in [3.8, 4) is 5.75 Å². The number of nitrogens with one attached hydrogen (secondary N) is 2. The third kappa shape index (κ3) is 5.74. The number of imidazole rings is 1. The average molecular weight is 503 g/mol. The molecule has 8 nitrogen and oxygen atoms in total. The van der Waals surface area contributed by atoms with Gasteiger partial charge < -0.3 is 15.4 Å². The van der Waals surface area contributed by atoms with Gasteiger partial charge in [0.2, 0.25) is 0 Å². The van der Waals surface area contributed by atoms with E-state index in [0.717, 1.165) is 61.6 Å². The van der Waals surface area contributed by atoms with Gasteiger partial charge in [-0.1, -0.05) is 0 Å². The van der Waals surface area contributed by atoms with Crippen LogP contribution in [0.5, 0.6) is 5.75 Å². The predicted molar refractivity (Wildman–Crippen MR) is 134 cm³/mol. The van der Waals surface area contributed by atoms with E-state index < -0.39 is 0 Å². The van der Waals surface area contributed by atoms with Gasteiger partial charge in [0.25, 0.3) is 0 Å². The number of rotatable bonds is 6. The van der Waals surface area contributed by atoms with Crippen molar-refractivity contribution in [1.82, 2.24) is 29.7 Å². The maximum absolute atomic E-state index is 11.0. The normalized spacial score (nSPS) is 16.4. The standard InChI is InChI=1S/C21H27N7O.3ClH/c29-19-15(11-27-5-1-2-6-27)9-17(10-16(19)12-28-7-3-4-8-28)26-21-18-20(23-13-22-18)24-14-25-21;;;/h9-10,13-14,29H,1-8,11-12H2,(H2,22,23,24,25,26);3*1H. The van der Waals surface area contributed by atoms with Crippen LogP contribution in [-0.2, 0) is 13.1 Å². The van der Waals surface area contributed by atoms with E-state index in [9.17, 15) is 5.11 Å². The molecule has 2 aliphatic heterocycles. The first-order valence-corrected chi connectivity index (χ1v) is 10.5. The van der Waals surface area contributed by atoms with Crippen LogP contribution in [0.25, 0.3) is 11.2 Å². The summed E-state index contributed by atoms with van der Waals surface area (Å²) < 4.78 is 0. The number of benzene rings is 1. The third-order valence-electron chi connectivity index (χ3n) is 5.94. The van der Waals surface area contributed by atoms with Crippen LogP contribution in [0.2, 0.25) is 0 Å². The van der Waals surface area contributed by atoms with Crippen LogP contribution >= 0.6 is 37.2 Å². The van der Waals surface area contributed by atoms with Crippen molar-refractivity contribution in [2.45, 2.75) is 38.8 Å². The second-order valence-corrected chi connectivity index (χ2v) is 8.06. The molecule has 0 amide bonds. The molecule has 4 heterocycles. The molecule has 3 aromatic rings. The minimum Gasteiger partial charge on any atom is -0.507 e. The lowest BCUT2D eigenvalue weighted by atomic mass is 10.1. The SMILES string of the molecule is Cl.Cl.Cl.Oc1c(CN2CCCC2)cc(Nc2ncnc3nc[nH]c23)cc1CN1CCCC1. The molecular formula is C21H30Cl3N7O. The van der Waals surface area contributed by atoms with Crippen molar-refractivity contribution in [2.24, 2.45) is 0 Å². The molecule has 0 spiro atoms. The molecule has 11 heteroatoms. The number of aromatic nitrogens is 4. The molecule has 2 aliphatic rings. The van der Waals surface area contributed by atoms with Crippen LogP contribution in [0, 0.1) is 0 Å². The first-order chi connectivity index (χ1) is 14.3. The van der Waals surface area contributed by atoms with E-state index in [1.165, 1.54) is 32.0 Å². The molecule has 0 atom stereocenters. The number of nitrogens with zero attached hydrogens (tertiary/aromatic N) is 5. The first kappa shape index (κ1) is 26.4. The van der Waals surface area contributed by atoms with Gasteiger partial charge in [0.15, 0.2) is 11.5 Å². The monoisotopic (exact) mass is 501 g/mol. The lowest BCUT2D eigenvalue weighted by Gasteiger charge is -2.21. The Morgan fingerprint density at radius 1 is 0.844 bits per heavy atom. The van der Waals surface area contributed by atoms with Crippen molar-refractivity contribution in [1.29, 1.82) is 0 Å². The summed E-state index contributed by atoms with van der Waals surface area (Å²) in [7, 11) is 0. The number of halogens is 3. The number of H-pyrrole nitrogens is 1. The van der Waals surface area contributed by atoms with Crippen molar-refractivity contribution < 1.29 is 5.11 Å². The Morgan fingerprint density at radius 3 is 1.97 bits per heavy atom. The number of hydrogen-bond acceptors (Lipinski definition) is 7. The van der Waals surface area contributed by atoms with E-state index in [2.05, 4.69) is 35.1 Å². The van der Waals surface area contributed by atoms with E-state index in [0.29, 0.717) is 17.2 Å². The number of fused-ring (bicyclic) bond motifs is 1. The molecule has 3 N–H and O–H groups in total. The Labute approximate surface area is 206 Å². The molecular weight excluding hydrogens is 473 g/mol. The summed E-state index contributed by atoms with van der Waals surface area (Å²) in [4.78, 5) is 20.7. The molecule has 2 saturated heterocycles. The third-order valence-corrected chi connectivity index (χ3v) is 5.94. The molecule has 0 unspecified atom stereocenters. The minimum atomic E-state index is 0. The predicted octanol–water partition coefficient (Wildman–Crippen LogP) is 4.26. The molecule has 0 aliphatic carbocycles. The highest BCUT2D eigenvalue weighted by Crippen LogP contribution is 2.32. The van der Waals surface area contributed by atoms with Crippen LogP contribution < -0.4 is 5.32 Å². The van der Waals surface area contributed by atoms with Crippen LogP contribution in [0.3, 0.4) is 0 Å². The van der Waals surface area contributed by atoms with E-state index in [1.54, 1.807) is 6.33 Å². The Hall–Kier alpha value is -1.84. The Balaban J connectivity index is 0.00000121. The topological polar surface area (TPSA) is 93.2 Å². The van der Waals surface area contributed by atoms with Gasteiger partial charge in [-0.25, -0.2) is 15.0 Å². The van der Waals surface area contributed by atoms with E-state index >= 15 is 0 Å². The van der Waals surface area contributed by atoms with E-state index in [4.69, 9.17) is 0 Å². The molecule has 0 radical (unpaired) electrons. The fourth-order valence-corrected chi connectivity index (χ4v) is 4.43. The molecule has 32 heavy (non-hydrogen) atoms. The molecule has 0 bridgehead atoms. The summed E-state index contributed by atoms with van der Waals surface area (Å²) in [5, 5.41) is 14.4. The highest BCUT2D eigenvalue weighted by molar-refractivity contribution is 5.86. The summed E-state index contributed by atoms with van der Waals surface area (Å²) in [6.07, 6.45) is 8.08. The van der Waals surface area contributed by atoms with Gasteiger partial charge in [-0.2, -0.15) is 0 Å². The molecule has 1 aromatic carbocycles. The van der Waals surface area contributed by atoms with Crippen LogP contribution in [0.1, 0.15) is 36.8 Å².